The predicted octanol–water partition coefficient (Wildman–Crippen LogP) is 2.29. The standard InChI is InChI=1S/C16H20O4/c1-5-8-20-14(16(3,4)15(18)19)12-7-6-11(2)13(9-12)10-17/h1,6-7,9,14,17H,8,10H2,2-4H3,(H,18,19)/t14-/m1/s1. The number of aliphatic hydroxyl groups is 1. The van der Waals surface area contributed by atoms with E-state index in [4.69, 9.17) is 11.2 Å². The van der Waals surface area contributed by atoms with Crippen LogP contribution in [0.3, 0.4) is 0 Å². The molecule has 0 saturated heterocycles. The summed E-state index contributed by atoms with van der Waals surface area (Å²) in [6, 6.07) is 5.41. The van der Waals surface area contributed by atoms with Gasteiger partial charge in [0.2, 0.25) is 0 Å². The van der Waals surface area contributed by atoms with E-state index in [1.807, 2.05) is 13.0 Å². The van der Waals surface area contributed by atoms with Crippen molar-refractivity contribution in [2.45, 2.75) is 33.5 Å². The number of carbonyl (C=O) groups is 1. The lowest BCUT2D eigenvalue weighted by atomic mass is 9.82. The van der Waals surface area contributed by atoms with Crippen LogP contribution in [0.2, 0.25) is 0 Å². The zero-order chi connectivity index (χ0) is 15.3. The summed E-state index contributed by atoms with van der Waals surface area (Å²) in [5, 5.41) is 18.7. The summed E-state index contributed by atoms with van der Waals surface area (Å²) >= 11 is 0. The number of aliphatic carboxylic acids is 1. The molecule has 0 fully saturated rings. The van der Waals surface area contributed by atoms with Crippen molar-refractivity contribution in [3.63, 3.8) is 0 Å². The first-order chi connectivity index (χ1) is 9.34. The quantitative estimate of drug-likeness (QED) is 0.782. The first-order valence-electron chi connectivity index (χ1n) is 6.33. The van der Waals surface area contributed by atoms with Crippen LogP contribution in [0, 0.1) is 24.7 Å². The molecule has 2 N–H and O–H groups in total. The van der Waals surface area contributed by atoms with Crippen LogP contribution in [-0.4, -0.2) is 22.8 Å². The van der Waals surface area contributed by atoms with Crippen LogP contribution in [0.1, 0.15) is 36.6 Å². The first-order valence-corrected chi connectivity index (χ1v) is 6.33. The zero-order valence-corrected chi connectivity index (χ0v) is 12.0. The number of hydrogen-bond donors (Lipinski definition) is 2. The fraction of sp³-hybridized carbons (Fsp3) is 0.438. The monoisotopic (exact) mass is 276 g/mol. The van der Waals surface area contributed by atoms with E-state index in [9.17, 15) is 15.0 Å². The highest BCUT2D eigenvalue weighted by Gasteiger charge is 2.39. The number of aryl methyl sites for hydroxylation is 1. The molecule has 0 heterocycles. The van der Waals surface area contributed by atoms with E-state index in [0.29, 0.717) is 5.56 Å². The molecule has 0 saturated carbocycles. The number of terminal acetylenes is 1. The molecule has 1 aromatic carbocycles. The molecule has 20 heavy (non-hydrogen) atoms. The van der Waals surface area contributed by atoms with Gasteiger partial charge in [-0.05, 0) is 37.5 Å². The maximum absolute atomic E-state index is 11.4. The molecule has 108 valence electrons. The second-order valence-electron chi connectivity index (χ2n) is 5.27. The van der Waals surface area contributed by atoms with Crippen molar-refractivity contribution in [2.24, 2.45) is 5.41 Å². The molecular weight excluding hydrogens is 256 g/mol. The van der Waals surface area contributed by atoms with Crippen molar-refractivity contribution in [1.29, 1.82) is 0 Å². The van der Waals surface area contributed by atoms with Crippen molar-refractivity contribution in [1.82, 2.24) is 0 Å². The van der Waals surface area contributed by atoms with Gasteiger partial charge >= 0.3 is 5.97 Å². The van der Waals surface area contributed by atoms with Crippen LogP contribution < -0.4 is 0 Å². The number of ether oxygens (including phenoxy) is 1. The normalized spacial score (nSPS) is 12.8. The van der Waals surface area contributed by atoms with Crippen molar-refractivity contribution in [3.05, 3.63) is 34.9 Å². The van der Waals surface area contributed by atoms with Gasteiger partial charge in [0.1, 0.15) is 6.61 Å². The Hall–Kier alpha value is -1.83. The Morgan fingerprint density at radius 3 is 2.65 bits per heavy atom. The number of benzene rings is 1. The fourth-order valence-corrected chi connectivity index (χ4v) is 1.99. The fourth-order valence-electron chi connectivity index (χ4n) is 1.99. The summed E-state index contributed by atoms with van der Waals surface area (Å²) in [7, 11) is 0. The Kier molecular flexibility index (Phi) is 5.32. The Bertz CT molecular complexity index is 526. The van der Waals surface area contributed by atoms with E-state index in [-0.39, 0.29) is 13.2 Å². The number of aliphatic hydroxyl groups excluding tert-OH is 1. The van der Waals surface area contributed by atoms with Crippen molar-refractivity contribution < 1.29 is 19.7 Å². The van der Waals surface area contributed by atoms with E-state index < -0.39 is 17.5 Å². The van der Waals surface area contributed by atoms with Crippen molar-refractivity contribution in [2.75, 3.05) is 6.61 Å². The molecule has 4 heteroatoms. The number of carboxylic acids is 1. The minimum atomic E-state index is -1.13. The topological polar surface area (TPSA) is 66.8 Å². The molecule has 0 radical (unpaired) electrons. The van der Waals surface area contributed by atoms with Gasteiger partial charge in [0.05, 0.1) is 18.1 Å². The molecule has 0 aromatic heterocycles. The van der Waals surface area contributed by atoms with Gasteiger partial charge in [0.25, 0.3) is 0 Å². The molecule has 0 amide bonds. The molecule has 0 bridgehead atoms. The predicted molar refractivity (Wildman–Crippen MR) is 76.0 cm³/mol. The smallest absolute Gasteiger partial charge is 0.312 e. The maximum Gasteiger partial charge on any atom is 0.312 e. The Morgan fingerprint density at radius 2 is 2.15 bits per heavy atom. The Labute approximate surface area is 119 Å². The lowest BCUT2D eigenvalue weighted by Gasteiger charge is -2.30. The number of rotatable bonds is 6. The Balaban J connectivity index is 3.24. The van der Waals surface area contributed by atoms with Crippen LogP contribution in [-0.2, 0) is 16.1 Å². The summed E-state index contributed by atoms with van der Waals surface area (Å²) in [5.74, 6) is 1.39. The molecule has 0 spiro atoms. The van der Waals surface area contributed by atoms with Crippen LogP contribution >= 0.6 is 0 Å². The van der Waals surface area contributed by atoms with Gasteiger partial charge in [-0.15, -0.1) is 6.42 Å². The highest BCUT2D eigenvalue weighted by Crippen LogP contribution is 2.37. The molecule has 0 aliphatic heterocycles. The lowest BCUT2D eigenvalue weighted by Crippen LogP contribution is -2.33. The molecule has 0 aliphatic rings. The van der Waals surface area contributed by atoms with Gasteiger partial charge in [-0.25, -0.2) is 0 Å². The number of carboxylic acid groups (broad SMARTS) is 1. The van der Waals surface area contributed by atoms with Crippen LogP contribution in [0.15, 0.2) is 18.2 Å². The minimum absolute atomic E-state index is 0.0315. The van der Waals surface area contributed by atoms with E-state index in [1.165, 1.54) is 0 Å². The van der Waals surface area contributed by atoms with E-state index in [1.54, 1.807) is 26.0 Å². The second-order valence-corrected chi connectivity index (χ2v) is 5.27. The summed E-state index contributed by atoms with van der Waals surface area (Å²) in [6.07, 6.45) is 4.51. The first kappa shape index (κ1) is 16.2. The van der Waals surface area contributed by atoms with Crippen LogP contribution in [0.5, 0.6) is 0 Å². The molecule has 1 atom stereocenters. The SMILES string of the molecule is C#CCO[C@H](c1ccc(C)c(CO)c1)C(C)(C)C(=O)O. The summed E-state index contributed by atoms with van der Waals surface area (Å²) in [5.41, 5.74) is 1.26. The van der Waals surface area contributed by atoms with Gasteiger partial charge in [0, 0.05) is 0 Å². The zero-order valence-electron chi connectivity index (χ0n) is 12.0. The third-order valence-electron chi connectivity index (χ3n) is 3.39. The average Bonchev–Trinajstić information content (AvgIpc) is 2.40. The van der Waals surface area contributed by atoms with Gasteiger partial charge in [-0.2, -0.15) is 0 Å². The number of hydrogen-bond acceptors (Lipinski definition) is 3. The molecule has 0 unspecified atom stereocenters. The van der Waals surface area contributed by atoms with Crippen LogP contribution in [0.25, 0.3) is 0 Å². The minimum Gasteiger partial charge on any atom is -0.481 e. The van der Waals surface area contributed by atoms with Gasteiger partial charge < -0.3 is 14.9 Å². The van der Waals surface area contributed by atoms with Crippen LogP contribution in [0.4, 0.5) is 0 Å². The molecular formula is C16H20O4. The summed E-state index contributed by atoms with van der Waals surface area (Å²) < 4.78 is 5.54. The summed E-state index contributed by atoms with van der Waals surface area (Å²) in [4.78, 5) is 11.4. The van der Waals surface area contributed by atoms with Gasteiger partial charge in [-0.1, -0.05) is 24.1 Å². The van der Waals surface area contributed by atoms with E-state index >= 15 is 0 Å². The third kappa shape index (κ3) is 3.38. The highest BCUT2D eigenvalue weighted by molar-refractivity contribution is 5.74. The largest absolute Gasteiger partial charge is 0.481 e. The van der Waals surface area contributed by atoms with Gasteiger partial charge in [-0.3, -0.25) is 4.79 Å². The molecule has 1 rings (SSSR count). The third-order valence-corrected chi connectivity index (χ3v) is 3.39. The van der Waals surface area contributed by atoms with Crippen molar-refractivity contribution >= 4 is 5.97 Å². The highest BCUT2D eigenvalue weighted by atomic mass is 16.5. The Morgan fingerprint density at radius 1 is 1.50 bits per heavy atom. The van der Waals surface area contributed by atoms with Gasteiger partial charge in [0.15, 0.2) is 0 Å². The van der Waals surface area contributed by atoms with E-state index in [0.717, 1.165) is 11.1 Å². The molecule has 1 aromatic rings. The maximum atomic E-state index is 11.4. The summed E-state index contributed by atoms with van der Waals surface area (Å²) in [6.45, 7) is 5.00. The van der Waals surface area contributed by atoms with E-state index in [2.05, 4.69) is 5.92 Å². The average molecular weight is 276 g/mol. The molecule has 0 aliphatic carbocycles. The second kappa shape index (κ2) is 6.56. The lowest BCUT2D eigenvalue weighted by molar-refractivity contribution is -0.156. The molecule has 4 nitrogen and oxygen atoms in total. The van der Waals surface area contributed by atoms with Crippen molar-refractivity contribution in [3.8, 4) is 12.3 Å².